The third kappa shape index (κ3) is 2.42. The third-order valence-electron chi connectivity index (χ3n) is 3.77. The van der Waals surface area contributed by atoms with Crippen LogP contribution >= 0.6 is 0 Å². The van der Waals surface area contributed by atoms with Crippen LogP contribution in [0.3, 0.4) is 0 Å². The van der Waals surface area contributed by atoms with E-state index in [0.29, 0.717) is 6.54 Å². The number of hydrogen-bond acceptors (Lipinski definition) is 2. The largest absolute Gasteiger partial charge is 0.355 e. The fraction of sp³-hybridized carbons (Fsp3) is 0.500. The van der Waals surface area contributed by atoms with Gasteiger partial charge in [-0.2, -0.15) is 0 Å². The summed E-state index contributed by atoms with van der Waals surface area (Å²) in [6, 6.07) is 5.95. The SMILES string of the molecule is CCCNC(=O)CN1C(=O)C(C)(C)c2cc(C)ccc21. The lowest BCUT2D eigenvalue weighted by atomic mass is 9.85. The molecule has 0 spiro atoms. The first-order valence-corrected chi connectivity index (χ1v) is 7.07. The van der Waals surface area contributed by atoms with Gasteiger partial charge in [0.25, 0.3) is 0 Å². The van der Waals surface area contributed by atoms with Gasteiger partial charge in [0.05, 0.1) is 5.41 Å². The summed E-state index contributed by atoms with van der Waals surface area (Å²) in [6.07, 6.45) is 0.890. The lowest BCUT2D eigenvalue weighted by molar-refractivity contribution is -0.125. The van der Waals surface area contributed by atoms with E-state index in [1.807, 2.05) is 45.9 Å². The van der Waals surface area contributed by atoms with Crippen LogP contribution in [-0.4, -0.2) is 24.9 Å². The number of hydrogen-bond donors (Lipinski definition) is 1. The van der Waals surface area contributed by atoms with Crippen LogP contribution in [0.1, 0.15) is 38.3 Å². The van der Waals surface area contributed by atoms with Gasteiger partial charge in [0.15, 0.2) is 0 Å². The summed E-state index contributed by atoms with van der Waals surface area (Å²) in [4.78, 5) is 26.0. The van der Waals surface area contributed by atoms with Crippen molar-refractivity contribution in [3.63, 3.8) is 0 Å². The number of aryl methyl sites for hydroxylation is 1. The van der Waals surface area contributed by atoms with Crippen LogP contribution in [0.25, 0.3) is 0 Å². The summed E-state index contributed by atoms with van der Waals surface area (Å²) in [5, 5.41) is 2.82. The first kappa shape index (κ1) is 14.6. The highest BCUT2D eigenvalue weighted by Gasteiger charge is 2.44. The number of rotatable bonds is 4. The third-order valence-corrected chi connectivity index (χ3v) is 3.77. The van der Waals surface area contributed by atoms with Crippen LogP contribution in [0.5, 0.6) is 0 Å². The molecule has 2 amide bonds. The maximum absolute atomic E-state index is 12.6. The lowest BCUT2D eigenvalue weighted by Gasteiger charge is -2.19. The molecule has 4 heteroatoms. The Hall–Kier alpha value is -1.84. The smallest absolute Gasteiger partial charge is 0.240 e. The highest BCUT2D eigenvalue weighted by Crippen LogP contribution is 2.41. The van der Waals surface area contributed by atoms with Crippen LogP contribution in [0.4, 0.5) is 5.69 Å². The molecule has 0 fully saturated rings. The predicted octanol–water partition coefficient (Wildman–Crippen LogP) is 2.15. The Kier molecular flexibility index (Phi) is 3.84. The van der Waals surface area contributed by atoms with E-state index >= 15 is 0 Å². The molecule has 4 nitrogen and oxygen atoms in total. The van der Waals surface area contributed by atoms with Gasteiger partial charge in [0, 0.05) is 12.2 Å². The molecule has 0 aliphatic carbocycles. The van der Waals surface area contributed by atoms with E-state index in [-0.39, 0.29) is 18.4 Å². The standard InChI is InChI=1S/C16H22N2O2/c1-5-8-17-14(19)10-18-13-7-6-11(2)9-12(13)16(3,4)15(18)20/h6-7,9H,5,8,10H2,1-4H3,(H,17,19). The number of benzene rings is 1. The van der Waals surface area contributed by atoms with Gasteiger partial charge in [-0.05, 0) is 38.8 Å². The van der Waals surface area contributed by atoms with Crippen molar-refractivity contribution in [2.75, 3.05) is 18.0 Å². The van der Waals surface area contributed by atoms with E-state index in [1.54, 1.807) is 4.90 Å². The van der Waals surface area contributed by atoms with Crippen molar-refractivity contribution in [1.29, 1.82) is 0 Å². The van der Waals surface area contributed by atoms with Crippen molar-refractivity contribution in [2.24, 2.45) is 0 Å². The number of carbonyl (C=O) groups is 2. The van der Waals surface area contributed by atoms with Crippen molar-refractivity contribution in [3.8, 4) is 0 Å². The Bertz CT molecular complexity index is 549. The second-order valence-electron chi connectivity index (χ2n) is 5.89. The summed E-state index contributed by atoms with van der Waals surface area (Å²) in [6.45, 7) is 8.58. The molecule has 108 valence electrons. The molecule has 0 radical (unpaired) electrons. The van der Waals surface area contributed by atoms with Crippen LogP contribution in [0.15, 0.2) is 18.2 Å². The van der Waals surface area contributed by atoms with Gasteiger partial charge in [0.1, 0.15) is 6.54 Å². The predicted molar refractivity (Wildman–Crippen MR) is 79.9 cm³/mol. The maximum atomic E-state index is 12.6. The van der Waals surface area contributed by atoms with E-state index in [4.69, 9.17) is 0 Å². The fourth-order valence-electron chi connectivity index (χ4n) is 2.57. The normalized spacial score (nSPS) is 16.2. The van der Waals surface area contributed by atoms with Crippen LogP contribution in [-0.2, 0) is 15.0 Å². The number of fused-ring (bicyclic) bond motifs is 1. The minimum atomic E-state index is -0.563. The maximum Gasteiger partial charge on any atom is 0.240 e. The zero-order valence-corrected chi connectivity index (χ0v) is 12.6. The number of nitrogens with zero attached hydrogens (tertiary/aromatic N) is 1. The summed E-state index contributed by atoms with van der Waals surface area (Å²) in [5.74, 6) is -0.117. The topological polar surface area (TPSA) is 49.4 Å². The molecule has 1 heterocycles. The van der Waals surface area contributed by atoms with Gasteiger partial charge in [-0.3, -0.25) is 9.59 Å². The highest BCUT2D eigenvalue weighted by molar-refractivity contribution is 6.10. The first-order chi connectivity index (χ1) is 9.37. The molecule has 0 unspecified atom stereocenters. The van der Waals surface area contributed by atoms with Gasteiger partial charge in [-0.1, -0.05) is 24.6 Å². The molecule has 0 saturated carbocycles. The molecular weight excluding hydrogens is 252 g/mol. The Morgan fingerprint density at radius 2 is 2.05 bits per heavy atom. The number of amides is 2. The first-order valence-electron chi connectivity index (χ1n) is 7.07. The highest BCUT2D eigenvalue weighted by atomic mass is 16.2. The minimum Gasteiger partial charge on any atom is -0.355 e. The molecule has 1 aromatic carbocycles. The summed E-state index contributed by atoms with van der Waals surface area (Å²) < 4.78 is 0. The van der Waals surface area contributed by atoms with E-state index in [0.717, 1.165) is 23.2 Å². The molecule has 0 aromatic heterocycles. The molecule has 1 aromatic rings. The number of carbonyl (C=O) groups excluding carboxylic acids is 2. The van der Waals surface area contributed by atoms with Crippen molar-refractivity contribution in [3.05, 3.63) is 29.3 Å². The second-order valence-corrected chi connectivity index (χ2v) is 5.89. The Labute approximate surface area is 120 Å². The summed E-state index contributed by atoms with van der Waals surface area (Å²) in [5.41, 5.74) is 2.43. The molecule has 20 heavy (non-hydrogen) atoms. The Morgan fingerprint density at radius 1 is 1.35 bits per heavy atom. The lowest BCUT2D eigenvalue weighted by Crippen LogP contribution is -2.42. The monoisotopic (exact) mass is 274 g/mol. The molecule has 0 saturated heterocycles. The molecule has 1 aliphatic rings. The Morgan fingerprint density at radius 3 is 2.70 bits per heavy atom. The van der Waals surface area contributed by atoms with Gasteiger partial charge in [-0.25, -0.2) is 0 Å². The zero-order chi connectivity index (χ0) is 14.9. The Balaban J connectivity index is 2.28. The van der Waals surface area contributed by atoms with Gasteiger partial charge >= 0.3 is 0 Å². The fourth-order valence-corrected chi connectivity index (χ4v) is 2.57. The van der Waals surface area contributed by atoms with Crippen molar-refractivity contribution >= 4 is 17.5 Å². The van der Waals surface area contributed by atoms with E-state index in [1.165, 1.54) is 0 Å². The van der Waals surface area contributed by atoms with Crippen LogP contribution in [0.2, 0.25) is 0 Å². The molecule has 0 atom stereocenters. The zero-order valence-electron chi connectivity index (χ0n) is 12.6. The summed E-state index contributed by atoms with van der Waals surface area (Å²) in [7, 11) is 0. The summed E-state index contributed by atoms with van der Waals surface area (Å²) >= 11 is 0. The van der Waals surface area contributed by atoms with E-state index in [2.05, 4.69) is 5.32 Å². The average molecular weight is 274 g/mol. The van der Waals surface area contributed by atoms with Crippen molar-refractivity contribution in [2.45, 2.75) is 39.5 Å². The van der Waals surface area contributed by atoms with E-state index in [9.17, 15) is 9.59 Å². The quantitative estimate of drug-likeness (QED) is 0.914. The van der Waals surface area contributed by atoms with Gasteiger partial charge < -0.3 is 10.2 Å². The van der Waals surface area contributed by atoms with Crippen molar-refractivity contribution < 1.29 is 9.59 Å². The van der Waals surface area contributed by atoms with Crippen molar-refractivity contribution in [1.82, 2.24) is 5.32 Å². The molecule has 0 bridgehead atoms. The molecular formula is C16H22N2O2. The molecule has 1 N–H and O–H groups in total. The van der Waals surface area contributed by atoms with E-state index < -0.39 is 5.41 Å². The molecule has 2 rings (SSSR count). The van der Waals surface area contributed by atoms with Gasteiger partial charge in [0.2, 0.25) is 11.8 Å². The average Bonchev–Trinajstić information content (AvgIpc) is 2.58. The number of anilines is 1. The van der Waals surface area contributed by atoms with Crippen LogP contribution in [0, 0.1) is 6.92 Å². The van der Waals surface area contributed by atoms with Gasteiger partial charge in [-0.15, -0.1) is 0 Å². The minimum absolute atomic E-state index is 0.00949. The number of nitrogens with one attached hydrogen (secondary N) is 1. The second kappa shape index (κ2) is 5.27. The van der Waals surface area contributed by atoms with Crippen LogP contribution < -0.4 is 10.2 Å². The molecule has 1 aliphatic heterocycles.